The summed E-state index contributed by atoms with van der Waals surface area (Å²) in [5, 5.41) is 15.5. The van der Waals surface area contributed by atoms with Crippen LogP contribution in [0.5, 0.6) is 0 Å². The van der Waals surface area contributed by atoms with Gasteiger partial charge in [-0.3, -0.25) is 4.79 Å². The van der Waals surface area contributed by atoms with E-state index in [0.717, 1.165) is 11.2 Å². The third-order valence-electron chi connectivity index (χ3n) is 1.98. The fraction of sp³-hybridized carbons (Fsp3) is 0.750. The Labute approximate surface area is 89.2 Å². The molecule has 0 rings (SSSR count). The summed E-state index contributed by atoms with van der Waals surface area (Å²) in [6, 6.07) is 1.82. The molecule has 0 saturated carbocycles. The number of nitrogens with zero attached hydrogens (tertiary/aromatic N) is 2. The van der Waals surface area contributed by atoms with Crippen LogP contribution in [-0.2, 0) is 14.8 Å². The molecule has 7 heteroatoms. The molecule has 0 bridgehead atoms. The zero-order valence-electron chi connectivity index (χ0n) is 8.67. The van der Waals surface area contributed by atoms with Gasteiger partial charge in [0.15, 0.2) is 5.25 Å². The third kappa shape index (κ3) is 3.49. The van der Waals surface area contributed by atoms with E-state index in [9.17, 15) is 13.2 Å². The number of aliphatic carboxylic acids is 1. The molecule has 6 nitrogen and oxygen atoms in total. The Kier molecular flexibility index (Phi) is 5.25. The largest absolute Gasteiger partial charge is 0.480 e. The van der Waals surface area contributed by atoms with E-state index < -0.39 is 21.2 Å². The van der Waals surface area contributed by atoms with Gasteiger partial charge in [0.2, 0.25) is 10.0 Å². The molecule has 86 valence electrons. The van der Waals surface area contributed by atoms with Crippen LogP contribution in [0.15, 0.2) is 0 Å². The first-order valence-electron chi connectivity index (χ1n) is 4.46. The van der Waals surface area contributed by atoms with Crippen molar-refractivity contribution in [1.82, 2.24) is 4.31 Å². The molecule has 0 fully saturated rings. The van der Waals surface area contributed by atoms with E-state index in [2.05, 4.69) is 0 Å². The van der Waals surface area contributed by atoms with Crippen molar-refractivity contribution < 1.29 is 18.3 Å². The SMILES string of the molecule is CCN(CCC#N)S(=O)(=O)C(C)C(=O)O. The highest BCUT2D eigenvalue weighted by atomic mass is 32.2. The number of rotatable bonds is 6. The van der Waals surface area contributed by atoms with E-state index in [4.69, 9.17) is 10.4 Å². The second kappa shape index (κ2) is 5.68. The van der Waals surface area contributed by atoms with Gasteiger partial charge < -0.3 is 5.11 Å². The van der Waals surface area contributed by atoms with Crippen LogP contribution in [0.25, 0.3) is 0 Å². The van der Waals surface area contributed by atoms with Crippen LogP contribution in [0.1, 0.15) is 20.3 Å². The maximum atomic E-state index is 11.6. The van der Waals surface area contributed by atoms with Crippen LogP contribution in [0, 0.1) is 11.3 Å². The molecule has 0 aliphatic rings. The molecule has 0 aliphatic carbocycles. The maximum Gasteiger partial charge on any atom is 0.323 e. The minimum absolute atomic E-state index is 0.0347. The predicted molar refractivity (Wildman–Crippen MR) is 53.5 cm³/mol. The quantitative estimate of drug-likeness (QED) is 0.698. The topological polar surface area (TPSA) is 98.5 Å². The van der Waals surface area contributed by atoms with Gasteiger partial charge in [0, 0.05) is 19.5 Å². The molecule has 0 amide bonds. The van der Waals surface area contributed by atoms with Crippen LogP contribution >= 0.6 is 0 Å². The summed E-state index contributed by atoms with van der Waals surface area (Å²) >= 11 is 0. The van der Waals surface area contributed by atoms with Gasteiger partial charge in [-0.2, -0.15) is 5.26 Å². The second-order valence-corrected chi connectivity index (χ2v) is 5.18. The maximum absolute atomic E-state index is 11.6. The average molecular weight is 234 g/mol. The molecule has 1 N–H and O–H groups in total. The van der Waals surface area contributed by atoms with Crippen LogP contribution in [0.3, 0.4) is 0 Å². The molecule has 15 heavy (non-hydrogen) atoms. The van der Waals surface area contributed by atoms with E-state index in [1.54, 1.807) is 6.92 Å². The first kappa shape index (κ1) is 13.9. The summed E-state index contributed by atoms with van der Waals surface area (Å²) in [7, 11) is -3.84. The Balaban J connectivity index is 4.83. The Bertz CT molecular complexity index is 357. The van der Waals surface area contributed by atoms with E-state index in [1.807, 2.05) is 6.07 Å². The van der Waals surface area contributed by atoms with Gasteiger partial charge in [-0.05, 0) is 6.92 Å². The van der Waals surface area contributed by atoms with Crippen LogP contribution in [-0.4, -0.2) is 42.1 Å². The zero-order valence-corrected chi connectivity index (χ0v) is 9.49. The lowest BCUT2D eigenvalue weighted by Gasteiger charge is -2.21. The average Bonchev–Trinajstić information content (AvgIpc) is 2.17. The van der Waals surface area contributed by atoms with Gasteiger partial charge in [-0.25, -0.2) is 12.7 Å². The molecule has 0 spiro atoms. The van der Waals surface area contributed by atoms with Gasteiger partial charge >= 0.3 is 5.97 Å². The lowest BCUT2D eigenvalue weighted by molar-refractivity contribution is -0.136. The number of nitriles is 1. The van der Waals surface area contributed by atoms with Gasteiger partial charge in [-0.15, -0.1) is 0 Å². The fourth-order valence-corrected chi connectivity index (χ4v) is 2.40. The molecular formula is C8H14N2O4S. The lowest BCUT2D eigenvalue weighted by atomic mass is 10.5. The molecule has 0 aromatic carbocycles. The zero-order chi connectivity index (χ0) is 12.1. The molecule has 1 atom stereocenters. The lowest BCUT2D eigenvalue weighted by Crippen LogP contribution is -2.41. The number of carbonyl (C=O) groups is 1. The summed E-state index contributed by atoms with van der Waals surface area (Å²) in [5.74, 6) is -1.38. The highest BCUT2D eigenvalue weighted by Gasteiger charge is 2.32. The van der Waals surface area contributed by atoms with Crippen LogP contribution in [0.4, 0.5) is 0 Å². The Morgan fingerprint density at radius 3 is 2.47 bits per heavy atom. The van der Waals surface area contributed by atoms with Crippen LogP contribution < -0.4 is 0 Å². The Morgan fingerprint density at radius 1 is 1.60 bits per heavy atom. The normalized spacial score (nSPS) is 13.5. The van der Waals surface area contributed by atoms with Crippen molar-refractivity contribution in [3.8, 4) is 6.07 Å². The molecular weight excluding hydrogens is 220 g/mol. The van der Waals surface area contributed by atoms with Gasteiger partial charge in [0.05, 0.1) is 6.07 Å². The van der Waals surface area contributed by atoms with Crippen molar-refractivity contribution in [2.75, 3.05) is 13.1 Å². The van der Waals surface area contributed by atoms with Crippen molar-refractivity contribution in [3.05, 3.63) is 0 Å². The monoisotopic (exact) mass is 234 g/mol. The summed E-state index contributed by atoms with van der Waals surface area (Å²) < 4.78 is 24.3. The van der Waals surface area contributed by atoms with Gasteiger partial charge in [0.25, 0.3) is 0 Å². The number of hydrogen-bond donors (Lipinski definition) is 1. The fourth-order valence-electron chi connectivity index (χ4n) is 0.991. The van der Waals surface area contributed by atoms with Crippen molar-refractivity contribution in [3.63, 3.8) is 0 Å². The Hall–Kier alpha value is -1.13. The number of carboxylic acids is 1. The number of sulfonamides is 1. The first-order chi connectivity index (χ1) is 6.87. The van der Waals surface area contributed by atoms with Crippen molar-refractivity contribution in [1.29, 1.82) is 5.26 Å². The van der Waals surface area contributed by atoms with E-state index in [0.29, 0.717) is 0 Å². The molecule has 0 heterocycles. The molecule has 0 radical (unpaired) electrons. The van der Waals surface area contributed by atoms with E-state index >= 15 is 0 Å². The minimum atomic E-state index is -3.84. The molecule has 0 saturated heterocycles. The first-order valence-corrected chi connectivity index (χ1v) is 5.97. The summed E-state index contributed by atoms with van der Waals surface area (Å²) in [6.45, 7) is 2.92. The Morgan fingerprint density at radius 2 is 2.13 bits per heavy atom. The number of carboxylic acid groups (broad SMARTS) is 1. The molecule has 0 aromatic rings. The van der Waals surface area contributed by atoms with Crippen molar-refractivity contribution in [2.24, 2.45) is 0 Å². The van der Waals surface area contributed by atoms with Gasteiger partial charge in [-0.1, -0.05) is 6.92 Å². The summed E-state index contributed by atoms with van der Waals surface area (Å²) in [6.07, 6.45) is 0.0550. The van der Waals surface area contributed by atoms with E-state index in [1.165, 1.54) is 0 Å². The molecule has 0 aliphatic heterocycles. The second-order valence-electron chi connectivity index (χ2n) is 2.93. The highest BCUT2D eigenvalue weighted by Crippen LogP contribution is 2.09. The standard InChI is InChI=1S/C8H14N2O4S/c1-3-10(6-4-5-9)15(13,14)7(2)8(11)12/h7H,3-4,6H2,1-2H3,(H,11,12). The van der Waals surface area contributed by atoms with Crippen molar-refractivity contribution in [2.45, 2.75) is 25.5 Å². The predicted octanol–water partition coefficient (Wildman–Crippen LogP) is 0.0249. The summed E-state index contributed by atoms with van der Waals surface area (Å²) in [5.41, 5.74) is 0. The molecule has 0 aromatic heterocycles. The third-order valence-corrected chi connectivity index (χ3v) is 4.24. The highest BCUT2D eigenvalue weighted by molar-refractivity contribution is 7.90. The van der Waals surface area contributed by atoms with Crippen LogP contribution in [0.2, 0.25) is 0 Å². The molecule has 1 unspecified atom stereocenters. The van der Waals surface area contributed by atoms with E-state index in [-0.39, 0.29) is 19.5 Å². The minimum Gasteiger partial charge on any atom is -0.480 e. The number of hydrogen-bond acceptors (Lipinski definition) is 4. The van der Waals surface area contributed by atoms with Crippen molar-refractivity contribution >= 4 is 16.0 Å². The smallest absolute Gasteiger partial charge is 0.323 e. The summed E-state index contributed by atoms with van der Waals surface area (Å²) in [4.78, 5) is 10.6. The van der Waals surface area contributed by atoms with Gasteiger partial charge in [0.1, 0.15) is 0 Å².